The minimum absolute atomic E-state index is 0. The Bertz CT molecular complexity index is 205. The number of hydrogen-bond acceptors (Lipinski definition) is 5. The van der Waals surface area contributed by atoms with Crippen molar-refractivity contribution in [2.75, 3.05) is 6.61 Å². The number of hydrogen-bond donors (Lipinski definition) is 0. The van der Waals surface area contributed by atoms with E-state index in [1.807, 2.05) is 0 Å². The van der Waals surface area contributed by atoms with Crippen molar-refractivity contribution < 1.29 is 46.7 Å². The van der Waals surface area contributed by atoms with Crippen LogP contribution in [0.15, 0.2) is 0 Å². The van der Waals surface area contributed by atoms with Gasteiger partial charge in [-0.2, -0.15) is 5.26 Å². The molecule has 0 aliphatic heterocycles. The van der Waals surface area contributed by atoms with Gasteiger partial charge in [0.15, 0.2) is 0 Å². The summed E-state index contributed by atoms with van der Waals surface area (Å²) in [6, 6.07) is 1.61. The molecule has 0 aliphatic rings. The van der Waals surface area contributed by atoms with Gasteiger partial charge in [-0.15, -0.1) is 0 Å². The Morgan fingerprint density at radius 1 is 1.60 bits per heavy atom. The van der Waals surface area contributed by atoms with Gasteiger partial charge < -0.3 is 4.55 Å². The first-order valence-corrected chi connectivity index (χ1v) is 3.37. The summed E-state index contributed by atoms with van der Waals surface area (Å²) in [5.41, 5.74) is 0. The molecule has 0 amide bonds. The Balaban J connectivity index is 0. The van der Waals surface area contributed by atoms with Crippen LogP contribution < -0.4 is 29.6 Å². The SMILES string of the molecule is N#CCCOS(=O)(=O)[O-].[Na+]. The molecule has 0 heterocycles. The summed E-state index contributed by atoms with van der Waals surface area (Å²) in [5, 5.41) is 7.84. The van der Waals surface area contributed by atoms with Crippen molar-refractivity contribution in [1.29, 1.82) is 5.26 Å². The molecule has 0 N–H and O–H groups in total. The van der Waals surface area contributed by atoms with Gasteiger partial charge in [-0.05, 0) is 0 Å². The minimum atomic E-state index is -4.60. The summed E-state index contributed by atoms with van der Waals surface area (Å²) in [6.45, 7) is -0.359. The van der Waals surface area contributed by atoms with E-state index in [0.717, 1.165) is 0 Å². The second-order valence-electron chi connectivity index (χ2n) is 1.14. The van der Waals surface area contributed by atoms with Gasteiger partial charge in [0.05, 0.1) is 19.1 Å². The topological polar surface area (TPSA) is 90.2 Å². The summed E-state index contributed by atoms with van der Waals surface area (Å²) in [4.78, 5) is 0. The van der Waals surface area contributed by atoms with Crippen LogP contribution in [0, 0.1) is 11.3 Å². The third-order valence-electron chi connectivity index (χ3n) is 0.442. The Morgan fingerprint density at radius 2 is 2.10 bits per heavy atom. The van der Waals surface area contributed by atoms with Gasteiger partial charge in [-0.1, -0.05) is 0 Å². The van der Waals surface area contributed by atoms with Crippen molar-refractivity contribution >= 4 is 10.4 Å². The van der Waals surface area contributed by atoms with Gasteiger partial charge in [0.1, 0.15) is 0 Å². The van der Waals surface area contributed by atoms with Crippen LogP contribution in [0.5, 0.6) is 0 Å². The Hall–Kier alpha value is 0.360. The largest absolute Gasteiger partial charge is 1.00 e. The van der Waals surface area contributed by atoms with Crippen LogP contribution in [0.2, 0.25) is 0 Å². The van der Waals surface area contributed by atoms with Crippen molar-refractivity contribution in [2.24, 2.45) is 0 Å². The molecule has 7 heteroatoms. The van der Waals surface area contributed by atoms with Gasteiger partial charge in [0.2, 0.25) is 10.4 Å². The summed E-state index contributed by atoms with van der Waals surface area (Å²) < 4.78 is 32.5. The van der Waals surface area contributed by atoms with E-state index >= 15 is 0 Å². The van der Waals surface area contributed by atoms with Gasteiger partial charge in [0, 0.05) is 0 Å². The van der Waals surface area contributed by atoms with Crippen LogP contribution in [0.25, 0.3) is 0 Å². The van der Waals surface area contributed by atoms with Gasteiger partial charge in [0.25, 0.3) is 0 Å². The maximum absolute atomic E-state index is 9.62. The average molecular weight is 173 g/mol. The van der Waals surface area contributed by atoms with Crippen LogP contribution in [-0.2, 0) is 14.6 Å². The second kappa shape index (κ2) is 6.09. The number of nitrogens with zero attached hydrogens (tertiary/aromatic N) is 1. The Kier molecular flexibility index (Phi) is 7.92. The summed E-state index contributed by atoms with van der Waals surface area (Å²) in [6.07, 6.45) is -0.0958. The zero-order valence-electron chi connectivity index (χ0n) is 5.40. The molecule has 0 radical (unpaired) electrons. The zero-order chi connectivity index (χ0) is 7.33. The first-order valence-electron chi connectivity index (χ1n) is 2.03. The fraction of sp³-hybridized carbons (Fsp3) is 0.667. The average Bonchev–Trinajstić information content (AvgIpc) is 1.63. The molecule has 0 aromatic heterocycles. The van der Waals surface area contributed by atoms with Crippen LogP contribution >= 0.6 is 0 Å². The molecule has 0 spiro atoms. The van der Waals surface area contributed by atoms with E-state index in [4.69, 9.17) is 5.26 Å². The fourth-order valence-electron chi connectivity index (χ4n) is 0.189. The monoisotopic (exact) mass is 173 g/mol. The van der Waals surface area contributed by atoms with Crippen molar-refractivity contribution in [2.45, 2.75) is 6.42 Å². The maximum Gasteiger partial charge on any atom is 1.00 e. The van der Waals surface area contributed by atoms with Crippen LogP contribution in [0.4, 0.5) is 0 Å². The van der Waals surface area contributed by atoms with E-state index in [9.17, 15) is 13.0 Å². The van der Waals surface area contributed by atoms with Gasteiger partial charge in [-0.3, -0.25) is 4.18 Å². The summed E-state index contributed by atoms with van der Waals surface area (Å²) in [5.74, 6) is 0. The van der Waals surface area contributed by atoms with Gasteiger partial charge in [-0.25, -0.2) is 8.42 Å². The van der Waals surface area contributed by atoms with Crippen LogP contribution in [-0.4, -0.2) is 19.6 Å². The van der Waals surface area contributed by atoms with E-state index < -0.39 is 10.4 Å². The Morgan fingerprint density at radius 3 is 2.40 bits per heavy atom. The molecule has 52 valence electrons. The molecule has 0 fully saturated rings. The zero-order valence-corrected chi connectivity index (χ0v) is 8.22. The van der Waals surface area contributed by atoms with E-state index in [0.29, 0.717) is 0 Å². The first kappa shape index (κ1) is 13.0. The standard InChI is InChI=1S/C3H5NO4S.Na/c4-2-1-3-8-9(5,6)7;/h1,3H2,(H,5,6,7);/q;+1/p-1. The molecule has 5 nitrogen and oxygen atoms in total. The molecule has 0 saturated heterocycles. The molecular formula is C3H4NNaO4S. The predicted molar refractivity (Wildman–Crippen MR) is 25.9 cm³/mol. The summed E-state index contributed by atoms with van der Waals surface area (Å²) in [7, 11) is -4.60. The van der Waals surface area contributed by atoms with E-state index in [1.54, 1.807) is 6.07 Å². The van der Waals surface area contributed by atoms with E-state index in [2.05, 4.69) is 4.18 Å². The molecule has 0 bridgehead atoms. The van der Waals surface area contributed by atoms with Crippen molar-refractivity contribution in [1.82, 2.24) is 0 Å². The Labute approximate surface area is 81.2 Å². The van der Waals surface area contributed by atoms with Gasteiger partial charge >= 0.3 is 29.6 Å². The first-order chi connectivity index (χ1) is 4.06. The fourth-order valence-corrected chi connectivity index (χ4v) is 0.477. The molecule has 0 aromatic rings. The molecule has 0 atom stereocenters. The van der Waals surface area contributed by atoms with E-state index in [1.165, 1.54) is 0 Å². The third-order valence-corrected chi connectivity index (χ3v) is 0.897. The van der Waals surface area contributed by atoms with Crippen molar-refractivity contribution in [3.8, 4) is 6.07 Å². The number of nitriles is 1. The summed E-state index contributed by atoms with van der Waals surface area (Å²) >= 11 is 0. The van der Waals surface area contributed by atoms with Crippen molar-refractivity contribution in [3.63, 3.8) is 0 Å². The smallest absolute Gasteiger partial charge is 0.726 e. The molecule has 0 aromatic carbocycles. The number of rotatable bonds is 3. The molecule has 0 saturated carbocycles. The maximum atomic E-state index is 9.62. The van der Waals surface area contributed by atoms with Crippen LogP contribution in [0.3, 0.4) is 0 Å². The molecule has 0 unspecified atom stereocenters. The van der Waals surface area contributed by atoms with Crippen molar-refractivity contribution in [3.05, 3.63) is 0 Å². The molecule has 0 aliphatic carbocycles. The normalized spacial score (nSPS) is 9.60. The molecule has 0 rings (SSSR count). The molecule has 10 heavy (non-hydrogen) atoms. The quantitative estimate of drug-likeness (QED) is 0.190. The van der Waals surface area contributed by atoms with E-state index in [-0.39, 0.29) is 42.6 Å². The third kappa shape index (κ3) is 11.2. The van der Waals surface area contributed by atoms with Crippen LogP contribution in [0.1, 0.15) is 6.42 Å². The predicted octanol–water partition coefficient (Wildman–Crippen LogP) is -3.62. The second-order valence-corrected chi connectivity index (χ2v) is 2.19. The molecular weight excluding hydrogens is 169 g/mol. The minimum Gasteiger partial charge on any atom is -0.726 e.